The minimum atomic E-state index is -1.90. The van der Waals surface area contributed by atoms with Gasteiger partial charge in [-0.25, -0.2) is 0 Å². The van der Waals surface area contributed by atoms with Crippen LogP contribution in [0.15, 0.2) is 95.5 Å². The van der Waals surface area contributed by atoms with Crippen molar-refractivity contribution >= 4 is 44.1 Å². The molecule has 1 aliphatic rings. The second-order valence-corrected chi connectivity index (χ2v) is 8.93. The Labute approximate surface area is 194 Å². The summed E-state index contributed by atoms with van der Waals surface area (Å²) in [5, 5.41) is 13.7. The lowest BCUT2D eigenvalue weighted by molar-refractivity contribution is -0.136. The molecule has 5 heteroatoms. The van der Waals surface area contributed by atoms with Crippen molar-refractivity contribution in [3.63, 3.8) is 0 Å². The van der Waals surface area contributed by atoms with Crippen LogP contribution in [0.3, 0.4) is 0 Å². The molecular weight excluding hydrogens is 466 g/mol. The van der Waals surface area contributed by atoms with Crippen LogP contribution in [0.1, 0.15) is 27.9 Å². The summed E-state index contributed by atoms with van der Waals surface area (Å²) in [7, 11) is 0. The number of benzene rings is 4. The van der Waals surface area contributed by atoms with E-state index in [1.165, 1.54) is 0 Å². The highest BCUT2D eigenvalue weighted by molar-refractivity contribution is 9.10. The number of carbonyl (C=O) groups excluding carboxylic acids is 2. The molecule has 0 saturated heterocycles. The van der Waals surface area contributed by atoms with E-state index in [4.69, 9.17) is 0 Å². The van der Waals surface area contributed by atoms with Crippen molar-refractivity contribution in [2.24, 2.45) is 0 Å². The number of ketones is 1. The summed E-state index contributed by atoms with van der Waals surface area (Å²) in [4.78, 5) is 28.1. The van der Waals surface area contributed by atoms with Crippen LogP contribution in [-0.2, 0) is 16.9 Å². The van der Waals surface area contributed by atoms with Crippen LogP contribution in [-0.4, -0.2) is 16.8 Å². The van der Waals surface area contributed by atoms with Crippen LogP contribution in [0, 0.1) is 0 Å². The number of para-hydroxylation sites is 1. The molecule has 1 N–H and O–H groups in total. The smallest absolute Gasteiger partial charge is 0.264 e. The molecule has 1 aliphatic heterocycles. The summed E-state index contributed by atoms with van der Waals surface area (Å²) in [5.74, 6) is -0.757. The van der Waals surface area contributed by atoms with E-state index in [-0.39, 0.29) is 12.2 Å². The number of fused-ring (bicyclic) bond motifs is 2. The first-order valence-electron chi connectivity index (χ1n) is 10.4. The molecule has 0 bridgehead atoms. The first-order valence-corrected chi connectivity index (χ1v) is 11.2. The van der Waals surface area contributed by atoms with Gasteiger partial charge in [0.2, 0.25) is 0 Å². The van der Waals surface area contributed by atoms with E-state index in [9.17, 15) is 14.7 Å². The van der Waals surface area contributed by atoms with Crippen LogP contribution in [0.2, 0.25) is 0 Å². The number of Topliss-reactive ketones (excluding diaryl/α,β-unsaturated/α-hetero) is 1. The fraction of sp³-hybridized carbons (Fsp3) is 0.111. The maximum Gasteiger partial charge on any atom is 0.264 e. The van der Waals surface area contributed by atoms with Crippen LogP contribution >= 0.6 is 15.9 Å². The van der Waals surface area contributed by atoms with Crippen molar-refractivity contribution in [2.45, 2.75) is 18.6 Å². The molecule has 1 heterocycles. The zero-order chi connectivity index (χ0) is 22.3. The molecule has 0 unspecified atom stereocenters. The lowest BCUT2D eigenvalue weighted by Crippen LogP contribution is -2.41. The van der Waals surface area contributed by atoms with E-state index in [0.717, 1.165) is 20.8 Å². The molecule has 4 aromatic rings. The van der Waals surface area contributed by atoms with E-state index >= 15 is 0 Å². The maximum absolute atomic E-state index is 13.6. The molecule has 0 aliphatic carbocycles. The summed E-state index contributed by atoms with van der Waals surface area (Å²) in [6.07, 6.45) is -0.309. The minimum absolute atomic E-state index is 0.282. The summed E-state index contributed by atoms with van der Waals surface area (Å²) >= 11 is 3.36. The molecule has 5 rings (SSSR count). The highest BCUT2D eigenvalue weighted by Crippen LogP contribution is 2.44. The Kier molecular flexibility index (Phi) is 5.16. The number of halogens is 1. The predicted molar refractivity (Wildman–Crippen MR) is 129 cm³/mol. The molecule has 1 amide bonds. The minimum Gasteiger partial charge on any atom is -0.375 e. The van der Waals surface area contributed by atoms with Crippen LogP contribution < -0.4 is 4.90 Å². The second kappa shape index (κ2) is 8.01. The predicted octanol–water partition coefficient (Wildman–Crippen LogP) is 5.61. The standard InChI is InChI=1S/C27H20BrNO3/c28-21-14-12-19(13-15-21)25(30)16-27(32)23-10-3-4-11-24(23)29(26(27)31)17-20-8-5-7-18-6-1-2-9-22(18)20/h1-15,32H,16-17H2/t27-/m1/s1. The quantitative estimate of drug-likeness (QED) is 0.373. The third-order valence-electron chi connectivity index (χ3n) is 6.03. The lowest BCUT2D eigenvalue weighted by Gasteiger charge is -2.23. The van der Waals surface area contributed by atoms with Gasteiger partial charge >= 0.3 is 0 Å². The Hall–Kier alpha value is -3.28. The molecule has 4 nitrogen and oxygen atoms in total. The summed E-state index contributed by atoms with van der Waals surface area (Å²) in [6, 6.07) is 28.1. The highest BCUT2D eigenvalue weighted by atomic mass is 79.9. The third kappa shape index (κ3) is 3.44. The maximum atomic E-state index is 13.6. The van der Waals surface area contributed by atoms with Crippen molar-refractivity contribution in [1.82, 2.24) is 0 Å². The van der Waals surface area contributed by atoms with Crippen molar-refractivity contribution in [2.75, 3.05) is 4.90 Å². The zero-order valence-corrected chi connectivity index (χ0v) is 18.7. The number of aliphatic hydroxyl groups is 1. The summed E-state index contributed by atoms with van der Waals surface area (Å²) < 4.78 is 0.858. The molecule has 32 heavy (non-hydrogen) atoms. The topological polar surface area (TPSA) is 57.6 Å². The van der Waals surface area contributed by atoms with Crippen molar-refractivity contribution in [3.05, 3.63) is 112 Å². The van der Waals surface area contributed by atoms with E-state index in [0.29, 0.717) is 23.4 Å². The molecule has 158 valence electrons. The molecule has 0 radical (unpaired) electrons. The number of rotatable bonds is 5. The molecule has 0 fully saturated rings. The third-order valence-corrected chi connectivity index (χ3v) is 6.56. The number of hydrogen-bond acceptors (Lipinski definition) is 3. The second-order valence-electron chi connectivity index (χ2n) is 8.01. The molecule has 4 aromatic carbocycles. The van der Waals surface area contributed by atoms with Crippen molar-refractivity contribution < 1.29 is 14.7 Å². The number of hydrogen-bond donors (Lipinski definition) is 1. The van der Waals surface area contributed by atoms with Gasteiger partial charge in [0.25, 0.3) is 5.91 Å². The average molecular weight is 486 g/mol. The summed E-state index contributed by atoms with van der Waals surface area (Å²) in [5.41, 5.74) is 0.645. The monoisotopic (exact) mass is 485 g/mol. The SMILES string of the molecule is O=C(C[C@]1(O)C(=O)N(Cc2cccc3ccccc23)c2ccccc21)c1ccc(Br)cc1. The average Bonchev–Trinajstić information content (AvgIpc) is 3.01. The molecule has 0 aromatic heterocycles. The van der Waals surface area contributed by atoms with Gasteiger partial charge < -0.3 is 10.0 Å². The van der Waals surface area contributed by atoms with Crippen LogP contribution in [0.4, 0.5) is 5.69 Å². The highest BCUT2D eigenvalue weighted by Gasteiger charge is 2.50. The first-order chi connectivity index (χ1) is 15.5. The Morgan fingerprint density at radius 3 is 2.38 bits per heavy atom. The Balaban J connectivity index is 1.51. The van der Waals surface area contributed by atoms with E-state index in [1.807, 2.05) is 54.6 Å². The number of nitrogens with zero attached hydrogens (tertiary/aromatic N) is 1. The number of amides is 1. The van der Waals surface area contributed by atoms with Gasteiger partial charge in [-0.3, -0.25) is 9.59 Å². The van der Waals surface area contributed by atoms with Gasteiger partial charge in [-0.1, -0.05) is 88.7 Å². The van der Waals surface area contributed by atoms with Gasteiger partial charge in [0.15, 0.2) is 11.4 Å². The molecule has 0 spiro atoms. The lowest BCUT2D eigenvalue weighted by atomic mass is 9.88. The normalized spacial score (nSPS) is 17.6. The molecule has 1 atom stereocenters. The fourth-order valence-electron chi connectivity index (χ4n) is 4.41. The van der Waals surface area contributed by atoms with Gasteiger partial charge in [0.05, 0.1) is 18.7 Å². The van der Waals surface area contributed by atoms with Crippen molar-refractivity contribution in [1.29, 1.82) is 0 Å². The van der Waals surface area contributed by atoms with Gasteiger partial charge in [-0.15, -0.1) is 0 Å². The molecular formula is C27H20BrNO3. The van der Waals surface area contributed by atoms with E-state index in [1.54, 1.807) is 41.3 Å². The van der Waals surface area contributed by atoms with Gasteiger partial charge in [-0.2, -0.15) is 0 Å². The number of carbonyl (C=O) groups is 2. The largest absolute Gasteiger partial charge is 0.375 e. The van der Waals surface area contributed by atoms with E-state index in [2.05, 4.69) is 15.9 Å². The first kappa shape index (κ1) is 20.6. The van der Waals surface area contributed by atoms with Gasteiger partial charge in [0, 0.05) is 15.6 Å². The Bertz CT molecular complexity index is 1340. The van der Waals surface area contributed by atoms with Gasteiger partial charge in [-0.05, 0) is 34.5 Å². The Morgan fingerprint density at radius 2 is 1.56 bits per heavy atom. The summed E-state index contributed by atoms with van der Waals surface area (Å²) in [6.45, 7) is 0.311. The van der Waals surface area contributed by atoms with E-state index < -0.39 is 11.5 Å². The number of anilines is 1. The zero-order valence-electron chi connectivity index (χ0n) is 17.2. The van der Waals surface area contributed by atoms with Gasteiger partial charge in [0.1, 0.15) is 0 Å². The van der Waals surface area contributed by atoms with Crippen LogP contribution in [0.5, 0.6) is 0 Å². The fourth-order valence-corrected chi connectivity index (χ4v) is 4.67. The van der Waals surface area contributed by atoms with Crippen molar-refractivity contribution in [3.8, 4) is 0 Å². The molecule has 0 saturated carbocycles. The van der Waals surface area contributed by atoms with Crippen LogP contribution in [0.25, 0.3) is 10.8 Å². The Morgan fingerprint density at radius 1 is 0.875 bits per heavy atom.